The Hall–Kier alpha value is -1.52. The Morgan fingerprint density at radius 3 is 2.75 bits per heavy atom. The fourth-order valence-electron chi connectivity index (χ4n) is 3.56. The molecule has 24 heavy (non-hydrogen) atoms. The second-order valence-corrected chi connectivity index (χ2v) is 7.21. The standard InChI is InChI=1S/C18H20Cl2N2O2/c1-2-17(23)21-6-3-4-12(10-21)18(24)22-7-5-15-13(11-22)8-14(19)9-16(15)20/h2,8-9,12H,1,3-7,10-11H2. The molecule has 0 aromatic heterocycles. The van der Waals surface area contributed by atoms with Crippen LogP contribution >= 0.6 is 23.2 Å². The second-order valence-electron chi connectivity index (χ2n) is 6.36. The number of nitrogens with zero attached hydrogens (tertiary/aromatic N) is 2. The van der Waals surface area contributed by atoms with E-state index in [0.29, 0.717) is 36.2 Å². The van der Waals surface area contributed by atoms with Crippen molar-refractivity contribution in [1.29, 1.82) is 0 Å². The van der Waals surface area contributed by atoms with Crippen LogP contribution in [0, 0.1) is 5.92 Å². The SMILES string of the molecule is C=CC(=O)N1CCCC(C(=O)N2CCc3c(Cl)cc(Cl)cc3C2)C1. The van der Waals surface area contributed by atoms with Gasteiger partial charge < -0.3 is 9.80 Å². The maximum absolute atomic E-state index is 12.9. The number of benzene rings is 1. The van der Waals surface area contributed by atoms with E-state index in [9.17, 15) is 9.59 Å². The predicted octanol–water partition coefficient (Wildman–Crippen LogP) is 3.30. The molecule has 0 N–H and O–H groups in total. The molecule has 0 aliphatic carbocycles. The zero-order valence-electron chi connectivity index (χ0n) is 13.4. The molecule has 0 radical (unpaired) electrons. The number of rotatable bonds is 2. The first kappa shape index (κ1) is 17.3. The average molecular weight is 367 g/mol. The van der Waals surface area contributed by atoms with E-state index >= 15 is 0 Å². The minimum atomic E-state index is -0.140. The summed E-state index contributed by atoms with van der Waals surface area (Å²) >= 11 is 12.3. The number of hydrogen-bond donors (Lipinski definition) is 0. The van der Waals surface area contributed by atoms with Crippen molar-refractivity contribution >= 4 is 35.0 Å². The number of piperidine rings is 1. The average Bonchev–Trinajstić information content (AvgIpc) is 2.59. The Kier molecular flexibility index (Phi) is 5.16. The number of hydrogen-bond acceptors (Lipinski definition) is 2. The van der Waals surface area contributed by atoms with E-state index in [4.69, 9.17) is 23.2 Å². The van der Waals surface area contributed by atoms with Crippen LogP contribution in [0.15, 0.2) is 24.8 Å². The Morgan fingerprint density at radius 2 is 2.00 bits per heavy atom. The molecule has 6 heteroatoms. The highest BCUT2D eigenvalue weighted by Gasteiger charge is 2.32. The molecular formula is C18H20Cl2N2O2. The maximum atomic E-state index is 12.9. The van der Waals surface area contributed by atoms with Crippen LogP contribution in [0.5, 0.6) is 0 Å². The number of amides is 2. The molecule has 0 spiro atoms. The van der Waals surface area contributed by atoms with Crippen LogP contribution in [0.2, 0.25) is 10.0 Å². The summed E-state index contributed by atoms with van der Waals surface area (Å²) in [6, 6.07) is 3.63. The van der Waals surface area contributed by atoms with Gasteiger partial charge in [-0.3, -0.25) is 9.59 Å². The first-order chi connectivity index (χ1) is 11.5. The highest BCUT2D eigenvalue weighted by Crippen LogP contribution is 2.31. The van der Waals surface area contributed by atoms with Gasteiger partial charge in [0.05, 0.1) is 5.92 Å². The van der Waals surface area contributed by atoms with Crippen molar-refractivity contribution in [3.05, 3.63) is 46.0 Å². The summed E-state index contributed by atoms with van der Waals surface area (Å²) < 4.78 is 0. The summed E-state index contributed by atoms with van der Waals surface area (Å²) in [7, 11) is 0. The van der Waals surface area contributed by atoms with Crippen LogP contribution in [0.3, 0.4) is 0 Å². The quantitative estimate of drug-likeness (QED) is 0.753. The van der Waals surface area contributed by atoms with Gasteiger partial charge in [0.25, 0.3) is 0 Å². The molecule has 1 fully saturated rings. The van der Waals surface area contributed by atoms with Crippen molar-refractivity contribution < 1.29 is 9.59 Å². The number of fused-ring (bicyclic) bond motifs is 1. The van der Waals surface area contributed by atoms with Gasteiger partial charge in [0.2, 0.25) is 11.8 Å². The van der Waals surface area contributed by atoms with E-state index in [1.807, 2.05) is 11.0 Å². The van der Waals surface area contributed by atoms with Gasteiger partial charge >= 0.3 is 0 Å². The summed E-state index contributed by atoms with van der Waals surface area (Å²) in [6.07, 6.45) is 3.71. The van der Waals surface area contributed by atoms with E-state index in [1.165, 1.54) is 6.08 Å². The van der Waals surface area contributed by atoms with Crippen LogP contribution in [-0.4, -0.2) is 41.2 Å². The van der Waals surface area contributed by atoms with E-state index in [0.717, 1.165) is 30.4 Å². The van der Waals surface area contributed by atoms with Crippen molar-refractivity contribution in [2.24, 2.45) is 5.92 Å². The van der Waals surface area contributed by atoms with Crippen LogP contribution < -0.4 is 0 Å². The summed E-state index contributed by atoms with van der Waals surface area (Å²) in [5.74, 6) is -0.132. The van der Waals surface area contributed by atoms with Crippen molar-refractivity contribution in [2.45, 2.75) is 25.8 Å². The summed E-state index contributed by atoms with van der Waals surface area (Å²) in [5, 5.41) is 1.26. The van der Waals surface area contributed by atoms with Crippen LogP contribution in [0.25, 0.3) is 0 Å². The van der Waals surface area contributed by atoms with Gasteiger partial charge in [-0.25, -0.2) is 0 Å². The predicted molar refractivity (Wildman–Crippen MR) is 95.1 cm³/mol. The first-order valence-electron chi connectivity index (χ1n) is 8.16. The molecule has 2 amide bonds. The first-order valence-corrected chi connectivity index (χ1v) is 8.92. The summed E-state index contributed by atoms with van der Waals surface area (Å²) in [6.45, 7) is 5.88. The molecule has 128 valence electrons. The summed E-state index contributed by atoms with van der Waals surface area (Å²) in [4.78, 5) is 28.3. The van der Waals surface area contributed by atoms with Crippen molar-refractivity contribution in [1.82, 2.24) is 9.80 Å². The van der Waals surface area contributed by atoms with Gasteiger partial charge in [-0.1, -0.05) is 29.8 Å². The molecule has 4 nitrogen and oxygen atoms in total. The molecule has 2 aliphatic rings. The molecule has 2 aliphatic heterocycles. The zero-order valence-corrected chi connectivity index (χ0v) is 14.9. The van der Waals surface area contributed by atoms with E-state index in [-0.39, 0.29) is 17.7 Å². The molecular weight excluding hydrogens is 347 g/mol. The smallest absolute Gasteiger partial charge is 0.245 e. The fourth-order valence-corrected chi connectivity index (χ4v) is 4.19. The van der Waals surface area contributed by atoms with Gasteiger partial charge in [0, 0.05) is 36.2 Å². The number of carbonyl (C=O) groups is 2. The highest BCUT2D eigenvalue weighted by atomic mass is 35.5. The normalized spacial score (nSPS) is 20.5. The largest absolute Gasteiger partial charge is 0.338 e. The lowest BCUT2D eigenvalue weighted by Crippen LogP contribution is -2.47. The van der Waals surface area contributed by atoms with E-state index in [2.05, 4.69) is 6.58 Å². The van der Waals surface area contributed by atoms with Gasteiger partial charge in [-0.2, -0.15) is 0 Å². The van der Waals surface area contributed by atoms with E-state index < -0.39 is 0 Å². The number of halogens is 2. The molecule has 1 atom stereocenters. The molecule has 3 rings (SSSR count). The summed E-state index contributed by atoms with van der Waals surface area (Å²) in [5.41, 5.74) is 2.10. The molecule has 1 aromatic carbocycles. The van der Waals surface area contributed by atoms with Crippen LogP contribution in [0.1, 0.15) is 24.0 Å². The monoisotopic (exact) mass is 366 g/mol. The number of likely N-dealkylation sites (tertiary alicyclic amines) is 1. The maximum Gasteiger partial charge on any atom is 0.245 e. The second kappa shape index (κ2) is 7.16. The Morgan fingerprint density at radius 1 is 1.21 bits per heavy atom. The lowest BCUT2D eigenvalue weighted by molar-refractivity contribution is -0.140. The number of carbonyl (C=O) groups excluding carboxylic acids is 2. The molecule has 2 heterocycles. The molecule has 1 aromatic rings. The fraction of sp³-hybridized carbons (Fsp3) is 0.444. The van der Waals surface area contributed by atoms with Gasteiger partial charge in [0.1, 0.15) is 0 Å². The third-order valence-electron chi connectivity index (χ3n) is 4.81. The minimum absolute atomic E-state index is 0.102. The van der Waals surface area contributed by atoms with Crippen LogP contribution in [-0.2, 0) is 22.6 Å². The topological polar surface area (TPSA) is 40.6 Å². The van der Waals surface area contributed by atoms with Crippen LogP contribution in [0.4, 0.5) is 0 Å². The molecule has 0 saturated carbocycles. The minimum Gasteiger partial charge on any atom is -0.338 e. The molecule has 1 saturated heterocycles. The molecule has 1 unspecified atom stereocenters. The third-order valence-corrected chi connectivity index (χ3v) is 5.37. The van der Waals surface area contributed by atoms with Gasteiger partial charge in [-0.05, 0) is 48.6 Å². The zero-order chi connectivity index (χ0) is 17.3. The lowest BCUT2D eigenvalue weighted by Gasteiger charge is -2.36. The Balaban J connectivity index is 1.72. The van der Waals surface area contributed by atoms with Crippen molar-refractivity contribution in [3.63, 3.8) is 0 Å². The van der Waals surface area contributed by atoms with E-state index in [1.54, 1.807) is 11.0 Å². The lowest BCUT2D eigenvalue weighted by atomic mass is 9.94. The molecule has 0 bridgehead atoms. The van der Waals surface area contributed by atoms with Gasteiger partial charge in [-0.15, -0.1) is 0 Å². The Labute approximate surface area is 152 Å². The van der Waals surface area contributed by atoms with Crippen molar-refractivity contribution in [3.8, 4) is 0 Å². The third kappa shape index (κ3) is 3.45. The van der Waals surface area contributed by atoms with Gasteiger partial charge in [0.15, 0.2) is 0 Å². The Bertz CT molecular complexity index is 690. The highest BCUT2D eigenvalue weighted by molar-refractivity contribution is 6.35. The van der Waals surface area contributed by atoms with Crippen molar-refractivity contribution in [2.75, 3.05) is 19.6 Å².